The van der Waals surface area contributed by atoms with Gasteiger partial charge in [0.2, 0.25) is 0 Å². The van der Waals surface area contributed by atoms with Gasteiger partial charge in [0.1, 0.15) is 39.3 Å². The number of nitrogens with zero attached hydrogens (tertiary/aromatic N) is 5. The van der Waals surface area contributed by atoms with E-state index in [0.29, 0.717) is 44.3 Å². The standard InChI is InChI=1S/C40H35N7O3S/c1-39(2,3)25-7-11-27(12-8-25)49-31-19-24(21-41)29(20-32(31)50-28-13-9-26(10-14-28)40(4,5)6)35-45-34(43)33-30(22-42)37(51-38(33)46-35)47-36(48)23-15-17-44-18-16-23/h7-20H,1-6H3,(H,47,48)(H2,43,45,46). The fourth-order valence-corrected chi connectivity index (χ4v) is 6.34. The second kappa shape index (κ2) is 13.5. The molecule has 6 rings (SSSR count). The Hall–Kier alpha value is -6.30. The van der Waals surface area contributed by atoms with E-state index < -0.39 is 5.91 Å². The van der Waals surface area contributed by atoms with E-state index in [1.54, 1.807) is 24.3 Å². The number of fused-ring (bicyclic) bond motifs is 1. The highest BCUT2D eigenvalue weighted by Crippen LogP contribution is 2.43. The van der Waals surface area contributed by atoms with E-state index in [4.69, 9.17) is 20.2 Å². The molecule has 10 nitrogen and oxygen atoms in total. The summed E-state index contributed by atoms with van der Waals surface area (Å²) in [5.41, 5.74) is 9.74. The number of hydrogen-bond donors (Lipinski definition) is 2. The third kappa shape index (κ3) is 7.35. The molecule has 0 saturated heterocycles. The molecule has 254 valence electrons. The Morgan fingerprint density at radius 2 is 1.33 bits per heavy atom. The minimum Gasteiger partial charge on any atom is -0.453 e. The smallest absolute Gasteiger partial charge is 0.256 e. The highest BCUT2D eigenvalue weighted by molar-refractivity contribution is 7.23. The number of pyridine rings is 1. The van der Waals surface area contributed by atoms with E-state index >= 15 is 0 Å². The molecule has 3 heterocycles. The number of thiophene rings is 1. The Morgan fingerprint density at radius 1 is 0.784 bits per heavy atom. The largest absolute Gasteiger partial charge is 0.453 e. The van der Waals surface area contributed by atoms with Crippen molar-refractivity contribution in [1.82, 2.24) is 15.0 Å². The van der Waals surface area contributed by atoms with Crippen molar-refractivity contribution in [2.45, 2.75) is 52.4 Å². The van der Waals surface area contributed by atoms with Crippen molar-refractivity contribution >= 4 is 38.3 Å². The summed E-state index contributed by atoms with van der Waals surface area (Å²) in [5, 5.41) is 23.7. The minimum absolute atomic E-state index is 0.0237. The maximum atomic E-state index is 12.9. The summed E-state index contributed by atoms with van der Waals surface area (Å²) in [7, 11) is 0. The van der Waals surface area contributed by atoms with Crippen LogP contribution in [0, 0.1) is 22.7 Å². The molecule has 3 aromatic carbocycles. The van der Waals surface area contributed by atoms with Crippen molar-refractivity contribution in [3.05, 3.63) is 113 Å². The lowest BCUT2D eigenvalue weighted by Crippen LogP contribution is -2.11. The van der Waals surface area contributed by atoms with E-state index in [1.807, 2.05) is 48.5 Å². The second-order valence-electron chi connectivity index (χ2n) is 13.9. The SMILES string of the molecule is CC(C)(C)c1ccc(Oc2cc(C#N)c(-c3nc(N)c4c(C#N)c(NC(=O)c5ccncc5)sc4n3)cc2Oc2ccc(C(C)(C)C)cc2)cc1. The van der Waals surface area contributed by atoms with Gasteiger partial charge >= 0.3 is 0 Å². The molecule has 6 aromatic rings. The van der Waals surface area contributed by atoms with Crippen molar-refractivity contribution in [3.8, 4) is 46.5 Å². The van der Waals surface area contributed by atoms with E-state index in [0.717, 1.165) is 22.5 Å². The Labute approximate surface area is 300 Å². The van der Waals surface area contributed by atoms with Crippen LogP contribution in [0.5, 0.6) is 23.0 Å². The Morgan fingerprint density at radius 3 is 1.84 bits per heavy atom. The molecule has 0 atom stereocenters. The molecule has 3 aromatic heterocycles. The van der Waals surface area contributed by atoms with E-state index in [9.17, 15) is 15.3 Å². The number of nitrogens with one attached hydrogen (secondary N) is 1. The van der Waals surface area contributed by atoms with Gasteiger partial charge in [-0.1, -0.05) is 77.1 Å². The maximum absolute atomic E-state index is 12.9. The fraction of sp³-hybridized carbons (Fsp3) is 0.200. The Bertz CT molecular complexity index is 2340. The van der Waals surface area contributed by atoms with Crippen LogP contribution in [0.1, 0.15) is 74.2 Å². The second-order valence-corrected chi connectivity index (χ2v) is 14.9. The van der Waals surface area contributed by atoms with Crippen molar-refractivity contribution in [2.75, 3.05) is 11.1 Å². The lowest BCUT2D eigenvalue weighted by atomic mass is 9.87. The number of amides is 1. The summed E-state index contributed by atoms with van der Waals surface area (Å²) >= 11 is 1.09. The molecule has 0 spiro atoms. The number of carbonyl (C=O) groups excluding carboxylic acids is 1. The zero-order valence-electron chi connectivity index (χ0n) is 29.0. The molecule has 0 aliphatic rings. The first-order valence-electron chi connectivity index (χ1n) is 16.1. The number of carbonyl (C=O) groups is 1. The predicted octanol–water partition coefficient (Wildman–Crippen LogP) is 9.51. The van der Waals surface area contributed by atoms with Gasteiger partial charge in [-0.25, -0.2) is 9.97 Å². The first-order valence-corrected chi connectivity index (χ1v) is 16.9. The average molecular weight is 694 g/mol. The van der Waals surface area contributed by atoms with Crippen LogP contribution in [0.3, 0.4) is 0 Å². The van der Waals surface area contributed by atoms with Crippen LogP contribution in [0.25, 0.3) is 21.6 Å². The molecule has 0 aliphatic heterocycles. The molecular formula is C40H35N7O3S. The topological polar surface area (TPSA) is 160 Å². The van der Waals surface area contributed by atoms with Crippen molar-refractivity contribution in [2.24, 2.45) is 0 Å². The van der Waals surface area contributed by atoms with Gasteiger partial charge < -0.3 is 20.5 Å². The van der Waals surface area contributed by atoms with Crippen LogP contribution in [0.4, 0.5) is 10.8 Å². The predicted molar refractivity (Wildman–Crippen MR) is 199 cm³/mol. The van der Waals surface area contributed by atoms with Crippen LogP contribution >= 0.6 is 11.3 Å². The number of hydrogen-bond acceptors (Lipinski definition) is 10. The number of ether oxygens (including phenoxy) is 2. The van der Waals surface area contributed by atoms with Gasteiger partial charge in [-0.2, -0.15) is 10.5 Å². The fourth-order valence-electron chi connectivity index (χ4n) is 5.32. The number of anilines is 2. The first kappa shape index (κ1) is 34.6. The zero-order chi connectivity index (χ0) is 36.5. The maximum Gasteiger partial charge on any atom is 0.256 e. The molecule has 0 bridgehead atoms. The molecule has 51 heavy (non-hydrogen) atoms. The van der Waals surface area contributed by atoms with Gasteiger partial charge in [-0.05, 0) is 64.4 Å². The van der Waals surface area contributed by atoms with Gasteiger partial charge in [0.05, 0.1) is 16.5 Å². The van der Waals surface area contributed by atoms with Crippen molar-refractivity contribution < 1.29 is 14.3 Å². The third-order valence-corrected chi connectivity index (χ3v) is 9.20. The van der Waals surface area contributed by atoms with Crippen LogP contribution in [0.2, 0.25) is 0 Å². The van der Waals surface area contributed by atoms with Crippen LogP contribution < -0.4 is 20.5 Å². The van der Waals surface area contributed by atoms with E-state index in [2.05, 4.69) is 69.0 Å². The Kier molecular flexibility index (Phi) is 9.18. The zero-order valence-corrected chi connectivity index (χ0v) is 29.8. The Balaban J connectivity index is 1.44. The molecule has 11 heteroatoms. The third-order valence-electron chi connectivity index (χ3n) is 8.20. The molecule has 0 radical (unpaired) electrons. The molecule has 0 saturated carbocycles. The summed E-state index contributed by atoms with van der Waals surface area (Å²) in [5.74, 6) is 1.52. The van der Waals surface area contributed by atoms with Crippen LogP contribution in [-0.4, -0.2) is 20.9 Å². The quantitative estimate of drug-likeness (QED) is 0.166. The van der Waals surface area contributed by atoms with Crippen LogP contribution in [-0.2, 0) is 10.8 Å². The van der Waals surface area contributed by atoms with Gasteiger partial charge in [0.25, 0.3) is 5.91 Å². The molecule has 1 amide bonds. The van der Waals surface area contributed by atoms with Gasteiger partial charge in [-0.3, -0.25) is 9.78 Å². The number of rotatable bonds is 7. The summed E-state index contributed by atoms with van der Waals surface area (Å²) in [4.78, 5) is 26.5. The number of nitrogens with two attached hydrogens (primary N) is 1. The van der Waals surface area contributed by atoms with Gasteiger partial charge in [-0.15, -0.1) is 0 Å². The van der Waals surface area contributed by atoms with E-state index in [1.165, 1.54) is 12.4 Å². The van der Waals surface area contributed by atoms with Gasteiger partial charge in [0.15, 0.2) is 17.3 Å². The lowest BCUT2D eigenvalue weighted by molar-refractivity contribution is 0.102. The summed E-state index contributed by atoms with van der Waals surface area (Å²) < 4.78 is 12.8. The molecule has 0 aliphatic carbocycles. The summed E-state index contributed by atoms with van der Waals surface area (Å²) in [6, 6.07) is 26.3. The molecular weight excluding hydrogens is 659 g/mol. The van der Waals surface area contributed by atoms with Crippen molar-refractivity contribution in [3.63, 3.8) is 0 Å². The number of nitrogen functional groups attached to an aromatic ring is 1. The highest BCUT2D eigenvalue weighted by Gasteiger charge is 2.24. The van der Waals surface area contributed by atoms with Crippen molar-refractivity contribution in [1.29, 1.82) is 10.5 Å². The summed E-state index contributed by atoms with van der Waals surface area (Å²) in [6.07, 6.45) is 3.01. The number of nitriles is 2. The number of benzene rings is 3. The van der Waals surface area contributed by atoms with Crippen LogP contribution in [0.15, 0.2) is 85.2 Å². The molecule has 0 unspecified atom stereocenters. The number of aromatic nitrogens is 3. The minimum atomic E-state index is -0.417. The lowest BCUT2D eigenvalue weighted by Gasteiger charge is -2.20. The highest BCUT2D eigenvalue weighted by atomic mass is 32.1. The first-order chi connectivity index (χ1) is 24.2. The molecule has 3 N–H and O–H groups in total. The average Bonchev–Trinajstić information content (AvgIpc) is 3.46. The van der Waals surface area contributed by atoms with Gasteiger partial charge in [0, 0.05) is 29.6 Å². The monoisotopic (exact) mass is 693 g/mol. The van der Waals surface area contributed by atoms with E-state index in [-0.39, 0.29) is 38.6 Å². The molecule has 0 fully saturated rings. The normalized spacial score (nSPS) is 11.5. The summed E-state index contributed by atoms with van der Waals surface area (Å²) in [6.45, 7) is 12.8.